The molecule has 1 aliphatic carbocycles. The minimum Gasteiger partial charge on any atom is -0.508 e. The lowest BCUT2D eigenvalue weighted by Crippen LogP contribution is -2.39. The van der Waals surface area contributed by atoms with Gasteiger partial charge in [-0.05, 0) is 56.5 Å². The van der Waals surface area contributed by atoms with Gasteiger partial charge in [0.2, 0.25) is 0 Å². The summed E-state index contributed by atoms with van der Waals surface area (Å²) in [6.07, 6.45) is 3.28. The van der Waals surface area contributed by atoms with Gasteiger partial charge in [0.05, 0.1) is 0 Å². The molecule has 0 saturated heterocycles. The number of hydrogen-bond acceptors (Lipinski definition) is 3. The fraction of sp³-hybridized carbons (Fsp3) is 0.647. The third kappa shape index (κ3) is 3.53. The quantitative estimate of drug-likeness (QED) is 0.838. The summed E-state index contributed by atoms with van der Waals surface area (Å²) in [5, 5.41) is 13.6. The van der Waals surface area contributed by atoms with Crippen LogP contribution in [0.25, 0.3) is 0 Å². The molecule has 0 aliphatic heterocycles. The van der Waals surface area contributed by atoms with Crippen LogP contribution in [0.4, 0.5) is 0 Å². The van der Waals surface area contributed by atoms with Crippen LogP contribution < -0.4 is 5.32 Å². The van der Waals surface area contributed by atoms with Gasteiger partial charge in [-0.2, -0.15) is 0 Å². The van der Waals surface area contributed by atoms with E-state index in [1.54, 1.807) is 6.07 Å². The van der Waals surface area contributed by atoms with Crippen LogP contribution in [0.3, 0.4) is 0 Å². The predicted molar refractivity (Wildman–Crippen MR) is 84.1 cm³/mol. The highest BCUT2D eigenvalue weighted by atomic mass is 16.3. The van der Waals surface area contributed by atoms with Crippen molar-refractivity contribution in [1.82, 2.24) is 10.2 Å². The van der Waals surface area contributed by atoms with E-state index in [0.717, 1.165) is 24.9 Å². The first-order chi connectivity index (χ1) is 9.49. The number of phenols is 1. The van der Waals surface area contributed by atoms with Gasteiger partial charge in [-0.25, -0.2) is 0 Å². The largest absolute Gasteiger partial charge is 0.508 e. The summed E-state index contributed by atoms with van der Waals surface area (Å²) in [5.74, 6) is 1.17. The van der Waals surface area contributed by atoms with Gasteiger partial charge in [0.15, 0.2) is 0 Å². The Morgan fingerprint density at radius 2 is 2.10 bits per heavy atom. The molecule has 20 heavy (non-hydrogen) atoms. The Balaban J connectivity index is 1.97. The molecule has 3 heteroatoms. The van der Waals surface area contributed by atoms with Crippen molar-refractivity contribution in [3.8, 4) is 5.75 Å². The molecule has 2 N–H and O–H groups in total. The zero-order chi connectivity index (χ0) is 14.7. The van der Waals surface area contributed by atoms with E-state index in [-0.39, 0.29) is 0 Å². The average Bonchev–Trinajstić information content (AvgIpc) is 2.78. The first kappa shape index (κ1) is 15.3. The van der Waals surface area contributed by atoms with Gasteiger partial charge < -0.3 is 15.3 Å². The van der Waals surface area contributed by atoms with Crippen molar-refractivity contribution in [3.63, 3.8) is 0 Å². The van der Waals surface area contributed by atoms with Crippen molar-refractivity contribution >= 4 is 0 Å². The molecule has 3 nitrogen and oxygen atoms in total. The van der Waals surface area contributed by atoms with Crippen molar-refractivity contribution in [1.29, 1.82) is 0 Å². The molecule has 1 aliphatic rings. The Kier molecular flexibility index (Phi) is 5.06. The molecule has 0 spiro atoms. The van der Waals surface area contributed by atoms with Crippen LogP contribution in [-0.2, 0) is 6.42 Å². The standard InChI is InChI=1S/C17H28N2O/c1-12(2)10-13(19(3)4)11-18-16-9-8-15-14(16)6-5-7-17(15)20/h5-7,12-13,16,18,20H,8-11H2,1-4H3. The van der Waals surface area contributed by atoms with E-state index in [2.05, 4.69) is 44.2 Å². The second-order valence-electron chi connectivity index (χ2n) is 6.59. The number of nitrogens with zero attached hydrogens (tertiary/aromatic N) is 1. The van der Waals surface area contributed by atoms with Crippen LogP contribution >= 0.6 is 0 Å². The third-order valence-electron chi connectivity index (χ3n) is 4.32. The molecule has 2 rings (SSSR count). The van der Waals surface area contributed by atoms with E-state index >= 15 is 0 Å². The molecule has 0 amide bonds. The highest BCUT2D eigenvalue weighted by Gasteiger charge is 2.25. The third-order valence-corrected chi connectivity index (χ3v) is 4.32. The van der Waals surface area contributed by atoms with Gasteiger partial charge in [0, 0.05) is 18.6 Å². The van der Waals surface area contributed by atoms with Gasteiger partial charge in [-0.3, -0.25) is 0 Å². The number of fused-ring (bicyclic) bond motifs is 1. The molecule has 1 aromatic rings. The number of phenolic OH excluding ortho intramolecular Hbond substituents is 1. The lowest BCUT2D eigenvalue weighted by atomic mass is 10.0. The summed E-state index contributed by atoms with van der Waals surface area (Å²) in [4.78, 5) is 2.31. The van der Waals surface area contributed by atoms with Crippen LogP contribution in [0.2, 0.25) is 0 Å². The Bertz CT molecular complexity index is 443. The normalized spacial score (nSPS) is 19.6. The number of likely N-dealkylation sites (N-methyl/N-ethyl adjacent to an activating group) is 1. The molecule has 0 radical (unpaired) electrons. The second kappa shape index (κ2) is 6.59. The van der Waals surface area contributed by atoms with E-state index in [1.165, 1.54) is 12.0 Å². The van der Waals surface area contributed by atoms with Crippen LogP contribution in [-0.4, -0.2) is 36.7 Å². The summed E-state index contributed by atoms with van der Waals surface area (Å²) >= 11 is 0. The topological polar surface area (TPSA) is 35.5 Å². The Labute approximate surface area is 123 Å². The van der Waals surface area contributed by atoms with E-state index in [4.69, 9.17) is 0 Å². The smallest absolute Gasteiger partial charge is 0.119 e. The molecule has 1 aromatic carbocycles. The van der Waals surface area contributed by atoms with Gasteiger partial charge in [0.25, 0.3) is 0 Å². The van der Waals surface area contributed by atoms with Gasteiger partial charge in [0.1, 0.15) is 5.75 Å². The minimum absolute atomic E-state index is 0.395. The van der Waals surface area contributed by atoms with Crippen LogP contribution in [0, 0.1) is 5.92 Å². The van der Waals surface area contributed by atoms with E-state index in [1.807, 2.05) is 6.07 Å². The molecule has 0 bridgehead atoms. The van der Waals surface area contributed by atoms with Crippen LogP contribution in [0.1, 0.15) is 43.9 Å². The van der Waals surface area contributed by atoms with E-state index < -0.39 is 0 Å². The van der Waals surface area contributed by atoms with E-state index in [0.29, 0.717) is 23.8 Å². The zero-order valence-corrected chi connectivity index (χ0v) is 13.2. The molecule has 0 aromatic heterocycles. The highest BCUT2D eigenvalue weighted by molar-refractivity contribution is 5.44. The van der Waals surface area contributed by atoms with Crippen molar-refractivity contribution in [2.24, 2.45) is 5.92 Å². The molecule has 0 fully saturated rings. The lowest BCUT2D eigenvalue weighted by Gasteiger charge is -2.28. The number of nitrogens with one attached hydrogen (secondary N) is 1. The second-order valence-corrected chi connectivity index (χ2v) is 6.59. The Morgan fingerprint density at radius 1 is 1.35 bits per heavy atom. The SMILES string of the molecule is CC(C)CC(CNC1CCc2c(O)cccc21)N(C)C. The highest BCUT2D eigenvalue weighted by Crippen LogP contribution is 2.36. The Morgan fingerprint density at radius 3 is 2.75 bits per heavy atom. The molecular formula is C17H28N2O. The maximum atomic E-state index is 9.90. The van der Waals surface area contributed by atoms with Crippen molar-refractivity contribution in [2.75, 3.05) is 20.6 Å². The summed E-state index contributed by atoms with van der Waals surface area (Å²) in [6.45, 7) is 5.56. The first-order valence-electron chi connectivity index (χ1n) is 7.69. The first-order valence-corrected chi connectivity index (χ1v) is 7.69. The maximum absolute atomic E-state index is 9.90. The summed E-state index contributed by atoms with van der Waals surface area (Å²) in [6, 6.07) is 6.85. The molecule has 112 valence electrons. The summed E-state index contributed by atoms with van der Waals surface area (Å²) in [7, 11) is 4.31. The van der Waals surface area contributed by atoms with Crippen molar-refractivity contribution in [3.05, 3.63) is 29.3 Å². The number of aromatic hydroxyl groups is 1. The minimum atomic E-state index is 0.395. The van der Waals surface area contributed by atoms with Crippen LogP contribution in [0.15, 0.2) is 18.2 Å². The number of benzene rings is 1. The van der Waals surface area contributed by atoms with Gasteiger partial charge in [-0.1, -0.05) is 26.0 Å². The Hall–Kier alpha value is -1.06. The maximum Gasteiger partial charge on any atom is 0.119 e. The number of rotatable bonds is 6. The fourth-order valence-electron chi connectivity index (χ4n) is 3.15. The average molecular weight is 276 g/mol. The molecule has 0 heterocycles. The molecule has 0 saturated carbocycles. The zero-order valence-electron chi connectivity index (χ0n) is 13.2. The van der Waals surface area contributed by atoms with Gasteiger partial charge in [-0.15, -0.1) is 0 Å². The fourth-order valence-corrected chi connectivity index (χ4v) is 3.15. The lowest BCUT2D eigenvalue weighted by molar-refractivity contribution is 0.240. The molecule has 2 unspecified atom stereocenters. The van der Waals surface area contributed by atoms with Crippen molar-refractivity contribution in [2.45, 2.75) is 45.2 Å². The number of hydrogen-bond donors (Lipinski definition) is 2. The molecule has 2 atom stereocenters. The van der Waals surface area contributed by atoms with E-state index in [9.17, 15) is 5.11 Å². The monoisotopic (exact) mass is 276 g/mol. The van der Waals surface area contributed by atoms with Crippen LogP contribution in [0.5, 0.6) is 5.75 Å². The predicted octanol–water partition coefficient (Wildman–Crippen LogP) is 2.95. The van der Waals surface area contributed by atoms with Gasteiger partial charge >= 0.3 is 0 Å². The summed E-state index contributed by atoms with van der Waals surface area (Å²) in [5.41, 5.74) is 2.42. The summed E-state index contributed by atoms with van der Waals surface area (Å²) < 4.78 is 0. The van der Waals surface area contributed by atoms with Crippen molar-refractivity contribution < 1.29 is 5.11 Å². The molecular weight excluding hydrogens is 248 g/mol.